The maximum atomic E-state index is 12.9. The second-order valence-electron chi connectivity index (χ2n) is 6.13. The first-order valence-electron chi connectivity index (χ1n) is 8.46. The highest BCUT2D eigenvalue weighted by molar-refractivity contribution is 6.42. The summed E-state index contributed by atoms with van der Waals surface area (Å²) >= 11 is 12.0. The van der Waals surface area contributed by atoms with Crippen LogP contribution in [0.25, 0.3) is 0 Å². The minimum Gasteiger partial charge on any atom is -0.342 e. The molecule has 1 heterocycles. The highest BCUT2D eigenvalue weighted by atomic mass is 35.5. The van der Waals surface area contributed by atoms with Gasteiger partial charge in [-0.3, -0.25) is 9.59 Å². The average molecular weight is 371 g/mol. The van der Waals surface area contributed by atoms with Gasteiger partial charge in [0.05, 0.1) is 16.0 Å². The highest BCUT2D eigenvalue weighted by Crippen LogP contribution is 2.25. The largest absolute Gasteiger partial charge is 0.342 e. The number of hydrogen-bond acceptors (Lipinski definition) is 2. The van der Waals surface area contributed by atoms with E-state index in [1.807, 2.05) is 29.7 Å². The van der Waals surface area contributed by atoms with Gasteiger partial charge in [-0.2, -0.15) is 0 Å². The lowest BCUT2D eigenvalue weighted by Crippen LogP contribution is -2.46. The molecule has 1 atom stereocenters. The minimum absolute atomic E-state index is 0.108. The first kappa shape index (κ1) is 19.1. The molecule has 4 nitrogen and oxygen atoms in total. The van der Waals surface area contributed by atoms with Crippen molar-refractivity contribution in [2.75, 3.05) is 19.6 Å². The summed E-state index contributed by atoms with van der Waals surface area (Å²) in [5.41, 5.74) is 0.955. The Morgan fingerprint density at radius 3 is 2.62 bits per heavy atom. The quantitative estimate of drug-likeness (QED) is 0.785. The van der Waals surface area contributed by atoms with Crippen LogP contribution >= 0.6 is 23.2 Å². The summed E-state index contributed by atoms with van der Waals surface area (Å²) in [6.07, 6.45) is 2.21. The first-order valence-corrected chi connectivity index (χ1v) is 9.22. The molecule has 0 N–H and O–H groups in total. The van der Waals surface area contributed by atoms with E-state index in [-0.39, 0.29) is 17.7 Å². The third-order valence-electron chi connectivity index (χ3n) is 4.48. The zero-order valence-corrected chi connectivity index (χ0v) is 15.7. The zero-order chi connectivity index (χ0) is 17.7. The fourth-order valence-corrected chi connectivity index (χ4v) is 3.41. The number of piperidine rings is 1. The molecule has 6 heteroatoms. The molecule has 1 aromatic rings. The van der Waals surface area contributed by atoms with Crippen molar-refractivity contribution in [2.45, 2.75) is 39.7 Å². The van der Waals surface area contributed by atoms with Crippen molar-refractivity contribution in [2.24, 2.45) is 5.92 Å². The fourth-order valence-electron chi connectivity index (χ4n) is 3.09. The van der Waals surface area contributed by atoms with Gasteiger partial charge in [0.2, 0.25) is 11.8 Å². The van der Waals surface area contributed by atoms with E-state index in [9.17, 15) is 9.59 Å². The fraction of sp³-hybridized carbons (Fsp3) is 0.556. The molecule has 2 amide bonds. The van der Waals surface area contributed by atoms with Crippen LogP contribution in [-0.2, 0) is 16.1 Å². The maximum Gasteiger partial charge on any atom is 0.227 e. The van der Waals surface area contributed by atoms with E-state index in [1.165, 1.54) is 0 Å². The summed E-state index contributed by atoms with van der Waals surface area (Å²) in [6.45, 7) is 6.24. The van der Waals surface area contributed by atoms with Crippen LogP contribution in [0.5, 0.6) is 0 Å². The zero-order valence-electron chi connectivity index (χ0n) is 14.2. The third-order valence-corrected chi connectivity index (χ3v) is 5.22. The molecule has 1 aliphatic rings. The van der Waals surface area contributed by atoms with E-state index in [0.717, 1.165) is 24.9 Å². The lowest BCUT2D eigenvalue weighted by Gasteiger charge is -2.34. The molecule has 1 unspecified atom stereocenters. The third kappa shape index (κ3) is 4.64. The maximum absolute atomic E-state index is 12.9. The Kier molecular flexibility index (Phi) is 6.93. The van der Waals surface area contributed by atoms with E-state index >= 15 is 0 Å². The van der Waals surface area contributed by atoms with Crippen LogP contribution < -0.4 is 0 Å². The number of benzene rings is 1. The van der Waals surface area contributed by atoms with Gasteiger partial charge in [0, 0.05) is 32.6 Å². The SMILES string of the molecule is CCC(=O)N1CCCC(C(=O)N(CC)Cc2ccc(Cl)c(Cl)c2)C1. The molecule has 0 spiro atoms. The summed E-state index contributed by atoms with van der Waals surface area (Å²) in [7, 11) is 0. The van der Waals surface area contributed by atoms with Crippen LogP contribution in [-0.4, -0.2) is 41.2 Å². The molecular weight excluding hydrogens is 347 g/mol. The summed E-state index contributed by atoms with van der Waals surface area (Å²) < 4.78 is 0. The number of nitrogens with zero attached hydrogens (tertiary/aromatic N) is 2. The molecule has 1 saturated heterocycles. The molecule has 0 radical (unpaired) electrons. The minimum atomic E-state index is -0.114. The highest BCUT2D eigenvalue weighted by Gasteiger charge is 2.30. The standard InChI is InChI=1S/C18H24Cl2N2O2/c1-3-17(23)22-9-5-6-14(12-22)18(24)21(4-2)11-13-7-8-15(19)16(20)10-13/h7-8,10,14H,3-6,9,11-12H2,1-2H3. The lowest BCUT2D eigenvalue weighted by molar-refractivity contribution is -0.141. The Morgan fingerprint density at radius 1 is 1.25 bits per heavy atom. The molecule has 2 rings (SSSR count). The Labute approximate surface area is 153 Å². The molecule has 1 aromatic carbocycles. The molecule has 0 aliphatic carbocycles. The van der Waals surface area contributed by atoms with Gasteiger partial charge >= 0.3 is 0 Å². The number of hydrogen-bond donors (Lipinski definition) is 0. The van der Waals surface area contributed by atoms with Crippen molar-refractivity contribution < 1.29 is 9.59 Å². The van der Waals surface area contributed by atoms with Crippen molar-refractivity contribution in [3.8, 4) is 0 Å². The molecule has 0 aromatic heterocycles. The monoisotopic (exact) mass is 370 g/mol. The van der Waals surface area contributed by atoms with Crippen molar-refractivity contribution in [3.05, 3.63) is 33.8 Å². The molecule has 24 heavy (non-hydrogen) atoms. The van der Waals surface area contributed by atoms with Gasteiger partial charge < -0.3 is 9.80 Å². The molecular formula is C18H24Cl2N2O2. The van der Waals surface area contributed by atoms with Gasteiger partial charge in [-0.15, -0.1) is 0 Å². The second-order valence-corrected chi connectivity index (χ2v) is 6.95. The van der Waals surface area contributed by atoms with Crippen LogP contribution in [0.2, 0.25) is 10.0 Å². The van der Waals surface area contributed by atoms with Gasteiger partial charge in [0.15, 0.2) is 0 Å². The van der Waals surface area contributed by atoms with E-state index in [4.69, 9.17) is 23.2 Å². The predicted octanol–water partition coefficient (Wildman–Crippen LogP) is 3.99. The predicted molar refractivity (Wildman–Crippen MR) is 97.1 cm³/mol. The van der Waals surface area contributed by atoms with Crippen molar-refractivity contribution in [3.63, 3.8) is 0 Å². The van der Waals surface area contributed by atoms with Crippen LogP contribution in [0.15, 0.2) is 18.2 Å². The average Bonchev–Trinajstić information content (AvgIpc) is 2.61. The molecule has 132 valence electrons. The number of amides is 2. The van der Waals surface area contributed by atoms with Gasteiger partial charge in [0.25, 0.3) is 0 Å². The first-order chi connectivity index (χ1) is 11.5. The van der Waals surface area contributed by atoms with Gasteiger partial charge in [-0.1, -0.05) is 36.2 Å². The van der Waals surface area contributed by atoms with Crippen LogP contribution in [0.1, 0.15) is 38.7 Å². The topological polar surface area (TPSA) is 40.6 Å². The molecule has 0 bridgehead atoms. The summed E-state index contributed by atoms with van der Waals surface area (Å²) in [6, 6.07) is 5.44. The summed E-state index contributed by atoms with van der Waals surface area (Å²) in [5, 5.41) is 1.01. The van der Waals surface area contributed by atoms with E-state index in [0.29, 0.717) is 36.1 Å². The Morgan fingerprint density at radius 2 is 2.00 bits per heavy atom. The molecule has 1 fully saturated rings. The van der Waals surface area contributed by atoms with Crippen molar-refractivity contribution in [1.29, 1.82) is 0 Å². The van der Waals surface area contributed by atoms with Crippen LogP contribution in [0, 0.1) is 5.92 Å². The summed E-state index contributed by atoms with van der Waals surface area (Å²) in [4.78, 5) is 28.4. The smallest absolute Gasteiger partial charge is 0.227 e. The number of carbonyl (C=O) groups excluding carboxylic acids is 2. The Bertz CT molecular complexity index is 607. The van der Waals surface area contributed by atoms with E-state index in [2.05, 4.69) is 0 Å². The van der Waals surface area contributed by atoms with Gasteiger partial charge in [0.1, 0.15) is 0 Å². The Hall–Kier alpha value is -1.26. The van der Waals surface area contributed by atoms with Gasteiger partial charge in [-0.05, 0) is 37.5 Å². The second kappa shape index (κ2) is 8.72. The van der Waals surface area contributed by atoms with Crippen LogP contribution in [0.4, 0.5) is 0 Å². The van der Waals surface area contributed by atoms with E-state index < -0.39 is 0 Å². The normalized spacial score (nSPS) is 17.7. The number of rotatable bonds is 5. The van der Waals surface area contributed by atoms with E-state index in [1.54, 1.807) is 12.1 Å². The van der Waals surface area contributed by atoms with Crippen LogP contribution in [0.3, 0.4) is 0 Å². The Balaban J connectivity index is 2.04. The molecule has 0 saturated carbocycles. The summed E-state index contributed by atoms with van der Waals surface area (Å²) in [5.74, 6) is 0.120. The van der Waals surface area contributed by atoms with Crippen molar-refractivity contribution in [1.82, 2.24) is 9.80 Å². The van der Waals surface area contributed by atoms with Crippen molar-refractivity contribution >= 4 is 35.0 Å². The lowest BCUT2D eigenvalue weighted by atomic mass is 9.96. The number of likely N-dealkylation sites (tertiary alicyclic amines) is 1. The number of halogens is 2. The molecule has 1 aliphatic heterocycles. The van der Waals surface area contributed by atoms with Gasteiger partial charge in [-0.25, -0.2) is 0 Å². The number of carbonyl (C=O) groups is 2.